The van der Waals surface area contributed by atoms with Gasteiger partial charge in [-0.2, -0.15) is 0 Å². The molecule has 0 radical (unpaired) electrons. The summed E-state index contributed by atoms with van der Waals surface area (Å²) in [5, 5.41) is 8.55. The molecule has 0 N–H and O–H groups in total. The zero-order valence-corrected chi connectivity index (χ0v) is 13.7. The molecule has 2 aromatic heterocycles. The number of fused-ring (bicyclic) bond motifs is 1. The molecule has 24 heavy (non-hydrogen) atoms. The van der Waals surface area contributed by atoms with Gasteiger partial charge in [0, 0.05) is 18.4 Å². The Morgan fingerprint density at radius 1 is 0.958 bits per heavy atom. The van der Waals surface area contributed by atoms with Crippen LogP contribution in [0.2, 0.25) is 0 Å². The maximum absolute atomic E-state index is 4.28. The molecule has 1 unspecified atom stereocenters. The lowest BCUT2D eigenvalue weighted by Crippen LogP contribution is -2.11. The van der Waals surface area contributed by atoms with Gasteiger partial charge < -0.3 is 4.57 Å². The Morgan fingerprint density at radius 3 is 2.50 bits per heavy atom. The first-order valence-corrected chi connectivity index (χ1v) is 8.11. The van der Waals surface area contributed by atoms with Gasteiger partial charge in [0.25, 0.3) is 0 Å². The minimum atomic E-state index is 0.0774. The molecule has 2 heterocycles. The monoisotopic (exact) mass is 317 g/mol. The second-order valence-corrected chi connectivity index (χ2v) is 6.20. The lowest BCUT2D eigenvalue weighted by Gasteiger charge is -2.20. The zero-order chi connectivity index (χ0) is 16.5. The minimum Gasteiger partial charge on any atom is -0.326 e. The second-order valence-electron chi connectivity index (χ2n) is 6.20. The van der Waals surface area contributed by atoms with E-state index < -0.39 is 0 Å². The number of benzene rings is 2. The van der Waals surface area contributed by atoms with Gasteiger partial charge in [-0.25, -0.2) is 9.67 Å². The summed E-state index contributed by atoms with van der Waals surface area (Å²) in [5.74, 6) is 0. The van der Waals surface area contributed by atoms with Crippen molar-refractivity contribution >= 4 is 11.0 Å². The summed E-state index contributed by atoms with van der Waals surface area (Å²) in [6, 6.07) is 17.2. The van der Waals surface area contributed by atoms with Crippen LogP contribution in [0.5, 0.6) is 0 Å². The molecule has 0 saturated heterocycles. The molecule has 0 saturated carbocycles. The highest BCUT2D eigenvalue weighted by Crippen LogP contribution is 2.29. The van der Waals surface area contributed by atoms with Gasteiger partial charge in [-0.3, -0.25) is 0 Å². The van der Waals surface area contributed by atoms with Crippen LogP contribution < -0.4 is 0 Å². The number of rotatable bonds is 4. The predicted octanol–water partition coefficient (Wildman–Crippen LogP) is 3.85. The largest absolute Gasteiger partial charge is 0.326 e. The second kappa shape index (κ2) is 5.92. The number of aromatic nitrogens is 5. The highest BCUT2D eigenvalue weighted by atomic mass is 15.4. The summed E-state index contributed by atoms with van der Waals surface area (Å²) >= 11 is 0. The van der Waals surface area contributed by atoms with E-state index >= 15 is 0 Å². The standard InChI is InChI=1S/C19H19N5/c1-14(2)24-18-12-16(8-9-17(18)21-22-24)19(23-11-10-20-13-23)15-6-4-3-5-7-15/h3-14,19H,1-2H3. The number of imidazole rings is 1. The first kappa shape index (κ1) is 14.6. The molecule has 0 spiro atoms. The average molecular weight is 317 g/mol. The molecular weight excluding hydrogens is 298 g/mol. The van der Waals surface area contributed by atoms with Crippen LogP contribution in [0.3, 0.4) is 0 Å². The van der Waals surface area contributed by atoms with E-state index in [1.807, 2.05) is 35.5 Å². The molecule has 5 nitrogen and oxygen atoms in total. The van der Waals surface area contributed by atoms with Crippen LogP contribution in [0.1, 0.15) is 37.1 Å². The minimum absolute atomic E-state index is 0.0774. The SMILES string of the molecule is CC(C)n1nnc2ccc(C(c3ccccc3)n3ccnc3)cc21. The van der Waals surface area contributed by atoms with Crippen molar-refractivity contribution in [1.29, 1.82) is 0 Å². The molecule has 120 valence electrons. The quantitative estimate of drug-likeness (QED) is 0.574. The normalized spacial score (nSPS) is 12.8. The maximum Gasteiger partial charge on any atom is 0.113 e. The summed E-state index contributed by atoms with van der Waals surface area (Å²) in [6.07, 6.45) is 5.67. The van der Waals surface area contributed by atoms with Crippen molar-refractivity contribution in [3.63, 3.8) is 0 Å². The van der Waals surface area contributed by atoms with Crippen molar-refractivity contribution in [3.05, 3.63) is 78.4 Å². The summed E-state index contributed by atoms with van der Waals surface area (Å²) < 4.78 is 4.09. The van der Waals surface area contributed by atoms with Crippen LogP contribution in [0.15, 0.2) is 67.3 Å². The van der Waals surface area contributed by atoms with Crippen LogP contribution in [0.25, 0.3) is 11.0 Å². The smallest absolute Gasteiger partial charge is 0.113 e. The topological polar surface area (TPSA) is 48.5 Å². The molecule has 4 rings (SSSR count). The third-order valence-corrected chi connectivity index (χ3v) is 4.24. The molecule has 0 aliphatic heterocycles. The van der Waals surface area contributed by atoms with Crippen LogP contribution in [-0.4, -0.2) is 24.5 Å². The van der Waals surface area contributed by atoms with Gasteiger partial charge in [-0.05, 0) is 37.1 Å². The molecule has 0 fully saturated rings. The highest BCUT2D eigenvalue weighted by molar-refractivity contribution is 5.75. The molecular formula is C19H19N5. The third-order valence-electron chi connectivity index (χ3n) is 4.24. The summed E-state index contributed by atoms with van der Waals surface area (Å²) in [7, 11) is 0. The summed E-state index contributed by atoms with van der Waals surface area (Å²) in [4.78, 5) is 4.23. The average Bonchev–Trinajstić information content (AvgIpc) is 3.25. The molecule has 0 amide bonds. The Kier molecular flexibility index (Phi) is 3.61. The Balaban J connectivity index is 1.89. The van der Waals surface area contributed by atoms with E-state index in [1.54, 1.807) is 0 Å². The number of hydrogen-bond acceptors (Lipinski definition) is 3. The van der Waals surface area contributed by atoms with Crippen molar-refractivity contribution < 1.29 is 0 Å². The lowest BCUT2D eigenvalue weighted by atomic mass is 9.98. The van der Waals surface area contributed by atoms with E-state index in [0.29, 0.717) is 0 Å². The fraction of sp³-hybridized carbons (Fsp3) is 0.211. The van der Waals surface area contributed by atoms with E-state index in [-0.39, 0.29) is 12.1 Å². The van der Waals surface area contributed by atoms with Crippen LogP contribution in [0, 0.1) is 0 Å². The van der Waals surface area contributed by atoms with E-state index in [1.165, 1.54) is 11.1 Å². The van der Waals surface area contributed by atoms with Crippen LogP contribution in [-0.2, 0) is 0 Å². The molecule has 2 aromatic carbocycles. The van der Waals surface area contributed by atoms with Crippen molar-refractivity contribution in [2.24, 2.45) is 0 Å². The molecule has 0 aliphatic rings. The molecule has 4 aromatic rings. The Labute approximate surface area is 140 Å². The molecule has 1 atom stereocenters. The van der Waals surface area contributed by atoms with Crippen molar-refractivity contribution in [3.8, 4) is 0 Å². The van der Waals surface area contributed by atoms with Gasteiger partial charge >= 0.3 is 0 Å². The van der Waals surface area contributed by atoms with Gasteiger partial charge in [0.05, 0.1) is 17.9 Å². The van der Waals surface area contributed by atoms with Crippen molar-refractivity contribution in [1.82, 2.24) is 24.5 Å². The van der Waals surface area contributed by atoms with E-state index in [2.05, 4.69) is 70.1 Å². The van der Waals surface area contributed by atoms with E-state index in [9.17, 15) is 0 Å². The highest BCUT2D eigenvalue weighted by Gasteiger charge is 2.18. The number of hydrogen-bond donors (Lipinski definition) is 0. The summed E-state index contributed by atoms with van der Waals surface area (Å²) in [5.41, 5.74) is 4.39. The van der Waals surface area contributed by atoms with Crippen molar-refractivity contribution in [2.75, 3.05) is 0 Å². The van der Waals surface area contributed by atoms with E-state index in [0.717, 1.165) is 11.0 Å². The fourth-order valence-corrected chi connectivity index (χ4v) is 3.10. The molecule has 5 heteroatoms. The Morgan fingerprint density at radius 2 is 1.79 bits per heavy atom. The van der Waals surface area contributed by atoms with Gasteiger partial charge in [-0.1, -0.05) is 41.6 Å². The molecule has 0 aliphatic carbocycles. The van der Waals surface area contributed by atoms with Crippen molar-refractivity contribution in [2.45, 2.75) is 25.9 Å². The lowest BCUT2D eigenvalue weighted by molar-refractivity contribution is 0.529. The van der Waals surface area contributed by atoms with Gasteiger partial charge in [0.1, 0.15) is 5.52 Å². The third kappa shape index (κ3) is 2.48. The van der Waals surface area contributed by atoms with Crippen LogP contribution in [0.4, 0.5) is 0 Å². The van der Waals surface area contributed by atoms with Gasteiger partial charge in [0.15, 0.2) is 0 Å². The van der Waals surface area contributed by atoms with Gasteiger partial charge in [-0.15, -0.1) is 5.10 Å². The Hall–Kier alpha value is -2.95. The van der Waals surface area contributed by atoms with Crippen LogP contribution >= 0.6 is 0 Å². The maximum atomic E-state index is 4.28. The fourth-order valence-electron chi connectivity index (χ4n) is 3.10. The first-order valence-electron chi connectivity index (χ1n) is 8.11. The predicted molar refractivity (Wildman–Crippen MR) is 93.8 cm³/mol. The van der Waals surface area contributed by atoms with E-state index in [4.69, 9.17) is 0 Å². The molecule has 0 bridgehead atoms. The Bertz CT molecular complexity index is 938. The first-order chi connectivity index (χ1) is 11.7. The zero-order valence-electron chi connectivity index (χ0n) is 13.7. The number of nitrogens with zero attached hydrogens (tertiary/aromatic N) is 5. The van der Waals surface area contributed by atoms with Gasteiger partial charge in [0.2, 0.25) is 0 Å². The summed E-state index contributed by atoms with van der Waals surface area (Å²) in [6.45, 7) is 4.23.